The average Bonchev–Trinajstić information content (AvgIpc) is 3.10. The maximum Gasteiger partial charge on any atom is 0.300 e. The van der Waals surface area contributed by atoms with Crippen LogP contribution < -0.4 is 5.32 Å². The molecule has 0 fully saturated rings. The van der Waals surface area contributed by atoms with Gasteiger partial charge in [-0.05, 0) is 42.2 Å². The molecular formula is C21H27N3O3S. The number of nitrogens with one attached hydrogen (secondary N) is 1. The van der Waals surface area contributed by atoms with Crippen LogP contribution in [0.5, 0.6) is 0 Å². The molecule has 0 saturated heterocycles. The predicted octanol–water partition coefficient (Wildman–Crippen LogP) is 5.12. The summed E-state index contributed by atoms with van der Waals surface area (Å²) in [6, 6.07) is 13.2. The molecular weight excluding hydrogens is 374 g/mol. The minimum atomic E-state index is -3.53. The second kappa shape index (κ2) is 8.32. The van der Waals surface area contributed by atoms with E-state index >= 15 is 0 Å². The van der Waals surface area contributed by atoms with Gasteiger partial charge in [-0.2, -0.15) is 9.29 Å². The fraction of sp³-hybridized carbons (Fsp3) is 0.381. The summed E-state index contributed by atoms with van der Waals surface area (Å²) in [7, 11) is -3.53. The molecule has 1 aromatic heterocycles. The van der Waals surface area contributed by atoms with Crippen molar-refractivity contribution in [2.45, 2.75) is 44.9 Å². The Labute approximate surface area is 166 Å². The lowest BCUT2D eigenvalue weighted by atomic mass is 9.97. The molecule has 7 heteroatoms. The number of para-hydroxylation sites is 1. The van der Waals surface area contributed by atoms with Gasteiger partial charge in [0.05, 0.1) is 4.90 Å². The van der Waals surface area contributed by atoms with Crippen LogP contribution in [-0.4, -0.2) is 30.8 Å². The van der Waals surface area contributed by atoms with Gasteiger partial charge in [-0.15, -0.1) is 0 Å². The highest BCUT2D eigenvalue weighted by molar-refractivity contribution is 7.89. The molecule has 0 spiro atoms. The molecule has 0 bridgehead atoms. The van der Waals surface area contributed by atoms with Gasteiger partial charge in [-0.25, -0.2) is 8.42 Å². The van der Waals surface area contributed by atoms with E-state index in [0.29, 0.717) is 36.1 Å². The second-order valence-electron chi connectivity index (χ2n) is 6.76. The summed E-state index contributed by atoms with van der Waals surface area (Å²) in [5, 5.41) is 3.24. The number of hydrogen-bond acceptors (Lipinski definition) is 5. The van der Waals surface area contributed by atoms with Gasteiger partial charge in [-0.1, -0.05) is 45.9 Å². The third kappa shape index (κ3) is 3.91. The molecule has 0 aliphatic carbocycles. The molecule has 150 valence electrons. The van der Waals surface area contributed by atoms with E-state index in [4.69, 9.17) is 4.42 Å². The van der Waals surface area contributed by atoms with E-state index in [1.807, 2.05) is 32.0 Å². The van der Waals surface area contributed by atoms with Crippen LogP contribution in [0.25, 0.3) is 11.1 Å². The average molecular weight is 402 g/mol. The van der Waals surface area contributed by atoms with Crippen LogP contribution >= 0.6 is 0 Å². The molecule has 1 N–H and O–H groups in total. The van der Waals surface area contributed by atoms with Crippen molar-refractivity contribution in [3.05, 3.63) is 48.0 Å². The Morgan fingerprint density at radius 2 is 1.82 bits per heavy atom. The minimum absolute atomic E-state index is 0.226. The van der Waals surface area contributed by atoms with Crippen molar-refractivity contribution in [3.8, 4) is 0 Å². The summed E-state index contributed by atoms with van der Waals surface area (Å²) in [4.78, 5) is 4.68. The number of hydrogen-bond donors (Lipinski definition) is 1. The van der Waals surface area contributed by atoms with Gasteiger partial charge in [0.1, 0.15) is 5.52 Å². The summed E-state index contributed by atoms with van der Waals surface area (Å²) < 4.78 is 32.7. The Balaban J connectivity index is 1.95. The fourth-order valence-corrected chi connectivity index (χ4v) is 4.69. The molecule has 3 aromatic rings. The number of rotatable bonds is 8. The maximum atomic E-state index is 12.7. The zero-order chi connectivity index (χ0) is 20.3. The van der Waals surface area contributed by atoms with Crippen LogP contribution in [0.3, 0.4) is 0 Å². The second-order valence-corrected chi connectivity index (χ2v) is 8.70. The number of oxazole rings is 1. The summed E-state index contributed by atoms with van der Waals surface area (Å²) in [5.41, 5.74) is 3.19. The van der Waals surface area contributed by atoms with E-state index in [0.717, 1.165) is 12.1 Å². The van der Waals surface area contributed by atoms with Gasteiger partial charge < -0.3 is 9.73 Å². The third-order valence-electron chi connectivity index (χ3n) is 5.05. The molecule has 1 atom stereocenters. The van der Waals surface area contributed by atoms with Crippen molar-refractivity contribution in [1.82, 2.24) is 9.29 Å². The van der Waals surface area contributed by atoms with E-state index in [1.165, 1.54) is 9.87 Å². The number of fused-ring (bicyclic) bond motifs is 1. The van der Waals surface area contributed by atoms with E-state index < -0.39 is 10.0 Å². The highest BCUT2D eigenvalue weighted by Gasteiger charge is 2.22. The number of benzene rings is 2. The third-order valence-corrected chi connectivity index (χ3v) is 7.09. The Bertz CT molecular complexity index is 1060. The largest absolute Gasteiger partial charge is 0.423 e. The summed E-state index contributed by atoms with van der Waals surface area (Å²) >= 11 is 0. The lowest BCUT2D eigenvalue weighted by Gasteiger charge is -2.18. The normalized spacial score (nSPS) is 13.2. The Morgan fingerprint density at radius 1 is 1.11 bits per heavy atom. The van der Waals surface area contributed by atoms with Crippen molar-refractivity contribution in [2.75, 3.05) is 18.4 Å². The first-order valence-corrected chi connectivity index (χ1v) is 11.1. The summed E-state index contributed by atoms with van der Waals surface area (Å²) in [5.74, 6) is 0.402. The van der Waals surface area contributed by atoms with Gasteiger partial charge in [0.25, 0.3) is 6.01 Å². The first kappa shape index (κ1) is 20.4. The van der Waals surface area contributed by atoms with Gasteiger partial charge in [0.2, 0.25) is 10.0 Å². The number of anilines is 2. The molecule has 0 saturated carbocycles. The lowest BCUT2D eigenvalue weighted by Crippen LogP contribution is -2.30. The summed E-state index contributed by atoms with van der Waals surface area (Å²) in [6.45, 7) is 8.83. The molecule has 28 heavy (non-hydrogen) atoms. The molecule has 2 aromatic carbocycles. The molecule has 1 unspecified atom stereocenters. The van der Waals surface area contributed by atoms with Crippen molar-refractivity contribution in [1.29, 1.82) is 0 Å². The molecule has 0 radical (unpaired) electrons. The maximum absolute atomic E-state index is 12.7. The smallest absolute Gasteiger partial charge is 0.300 e. The first-order valence-electron chi connectivity index (χ1n) is 9.67. The van der Waals surface area contributed by atoms with Crippen molar-refractivity contribution in [2.24, 2.45) is 0 Å². The number of nitrogens with zero attached hydrogens (tertiary/aromatic N) is 2. The van der Waals surface area contributed by atoms with Crippen molar-refractivity contribution < 1.29 is 12.8 Å². The topological polar surface area (TPSA) is 75.4 Å². The number of sulfonamides is 1. The highest BCUT2D eigenvalue weighted by Crippen LogP contribution is 2.30. The van der Waals surface area contributed by atoms with E-state index in [-0.39, 0.29) is 4.90 Å². The fourth-order valence-electron chi connectivity index (χ4n) is 3.21. The van der Waals surface area contributed by atoms with Gasteiger partial charge in [-0.3, -0.25) is 0 Å². The molecule has 0 amide bonds. The Hall–Kier alpha value is -2.38. The number of aromatic nitrogens is 1. The minimum Gasteiger partial charge on any atom is -0.423 e. The van der Waals surface area contributed by atoms with Crippen molar-refractivity contribution in [3.63, 3.8) is 0 Å². The SMILES string of the molecule is CCC(C)c1ccccc1Nc1nc2cc(S(=O)(=O)N(CC)CC)ccc2o1. The van der Waals surface area contributed by atoms with E-state index in [2.05, 4.69) is 30.2 Å². The van der Waals surface area contributed by atoms with Crippen molar-refractivity contribution >= 4 is 32.8 Å². The molecule has 0 aliphatic heterocycles. The van der Waals surface area contributed by atoms with Crippen LogP contribution in [0.15, 0.2) is 51.8 Å². The van der Waals surface area contributed by atoms with Crippen LogP contribution in [-0.2, 0) is 10.0 Å². The molecule has 0 aliphatic rings. The standard InChI is InChI=1S/C21H27N3O3S/c1-5-15(4)17-10-8-9-11-18(17)22-21-23-19-14-16(12-13-20(19)27-21)28(25,26)24(6-2)7-3/h8-15H,5-7H2,1-4H3,(H,22,23). The van der Waals surface area contributed by atoms with Gasteiger partial charge in [0, 0.05) is 18.8 Å². The van der Waals surface area contributed by atoms with E-state index in [9.17, 15) is 8.42 Å². The quantitative estimate of drug-likeness (QED) is 0.567. The first-order chi connectivity index (χ1) is 13.4. The van der Waals surface area contributed by atoms with Crippen LogP contribution in [0, 0.1) is 0 Å². The lowest BCUT2D eigenvalue weighted by molar-refractivity contribution is 0.445. The van der Waals surface area contributed by atoms with Crippen LogP contribution in [0.4, 0.5) is 11.7 Å². The molecule has 1 heterocycles. The molecule has 3 rings (SSSR count). The van der Waals surface area contributed by atoms with Gasteiger partial charge >= 0.3 is 0 Å². The van der Waals surface area contributed by atoms with Crippen LogP contribution in [0.2, 0.25) is 0 Å². The molecule has 6 nitrogen and oxygen atoms in total. The Morgan fingerprint density at radius 3 is 2.50 bits per heavy atom. The predicted molar refractivity (Wildman–Crippen MR) is 113 cm³/mol. The Kier molecular flexibility index (Phi) is 6.05. The zero-order valence-electron chi connectivity index (χ0n) is 16.8. The van der Waals surface area contributed by atoms with Gasteiger partial charge in [0.15, 0.2) is 5.58 Å². The zero-order valence-corrected chi connectivity index (χ0v) is 17.6. The van der Waals surface area contributed by atoms with Crippen LogP contribution in [0.1, 0.15) is 45.6 Å². The summed E-state index contributed by atoms with van der Waals surface area (Å²) in [6.07, 6.45) is 1.03. The highest BCUT2D eigenvalue weighted by atomic mass is 32.2. The monoisotopic (exact) mass is 401 g/mol. The van der Waals surface area contributed by atoms with E-state index in [1.54, 1.807) is 18.2 Å².